The number of phosphoric ester groups is 2. The van der Waals surface area contributed by atoms with E-state index in [1.165, 1.54) is 83.5 Å². The Hall–Kier alpha value is -1.22. The number of esters is 2. The van der Waals surface area contributed by atoms with Crippen LogP contribution in [0.5, 0.6) is 0 Å². The fraction of sp³-hybridized carbons (Fsp3) is 0.913. The van der Waals surface area contributed by atoms with E-state index < -0.39 is 78.4 Å². The number of aliphatic hydroxyl groups excluding tert-OH is 3. The highest BCUT2D eigenvalue weighted by molar-refractivity contribution is 7.47. The molecule has 0 radical (unpaired) electrons. The summed E-state index contributed by atoms with van der Waals surface area (Å²) >= 11 is 0. The van der Waals surface area contributed by atoms with E-state index in [4.69, 9.17) is 23.8 Å². The largest absolute Gasteiger partial charge is 0.472 e. The number of carbonyl (C=O) groups excluding carboxylic acids is 2. The second-order valence-electron chi connectivity index (χ2n) is 17.5. The predicted molar refractivity (Wildman–Crippen MR) is 247 cm³/mol. The fourth-order valence-electron chi connectivity index (χ4n) is 6.91. The minimum atomic E-state index is -4.88. The average molecular weight is 945 g/mol. The first kappa shape index (κ1) is 61.8. The van der Waals surface area contributed by atoms with Crippen LogP contribution in [0.15, 0.2) is 12.2 Å². The summed E-state index contributed by atoms with van der Waals surface area (Å²) < 4.78 is 47.8. The maximum atomic E-state index is 12.7. The SMILES string of the molecule is CCCCC/C=C\C[C@@H](O)[C@H](O)CCCCCCCC(=O)OC[C@H](COP(=O)(O)OC[C@@H](O)COP(=O)(O)O)OC(=O)CCCCCCCCCCCCCCCCCCC(C)C. The minimum Gasteiger partial charge on any atom is -0.462 e. The summed E-state index contributed by atoms with van der Waals surface area (Å²) in [6.45, 7) is 3.90. The Labute approximate surface area is 380 Å². The Morgan fingerprint density at radius 1 is 0.524 bits per heavy atom. The zero-order valence-corrected chi connectivity index (χ0v) is 41.1. The highest BCUT2D eigenvalue weighted by Gasteiger charge is 2.28. The molecule has 6 N–H and O–H groups in total. The third-order valence-electron chi connectivity index (χ3n) is 10.8. The molecule has 0 aromatic rings. The topological polar surface area (TPSA) is 236 Å². The van der Waals surface area contributed by atoms with Crippen molar-refractivity contribution < 1.29 is 71.8 Å². The molecule has 0 bridgehead atoms. The van der Waals surface area contributed by atoms with Crippen molar-refractivity contribution in [3.63, 3.8) is 0 Å². The molecule has 0 saturated heterocycles. The van der Waals surface area contributed by atoms with E-state index in [0.717, 1.165) is 76.5 Å². The van der Waals surface area contributed by atoms with E-state index in [0.29, 0.717) is 25.7 Å². The molecule has 0 aliphatic heterocycles. The lowest BCUT2D eigenvalue weighted by Gasteiger charge is -2.20. The van der Waals surface area contributed by atoms with Gasteiger partial charge in [-0.05, 0) is 44.4 Å². The molecule has 0 aliphatic carbocycles. The van der Waals surface area contributed by atoms with Gasteiger partial charge in [0.2, 0.25) is 0 Å². The first-order valence-corrected chi connectivity index (χ1v) is 27.4. The van der Waals surface area contributed by atoms with Gasteiger partial charge in [0.15, 0.2) is 6.10 Å². The van der Waals surface area contributed by atoms with Crippen molar-refractivity contribution in [2.24, 2.45) is 5.92 Å². The lowest BCUT2D eigenvalue weighted by atomic mass is 10.0. The molecule has 0 heterocycles. The Bertz CT molecular complexity index is 1210. The normalized spacial score (nSPS) is 15.1. The molecule has 0 spiro atoms. The van der Waals surface area contributed by atoms with Crippen LogP contribution in [0.4, 0.5) is 0 Å². The number of unbranched alkanes of at least 4 members (excludes halogenated alkanes) is 22. The number of allylic oxidation sites excluding steroid dienone is 1. The first-order valence-electron chi connectivity index (χ1n) is 24.4. The van der Waals surface area contributed by atoms with Gasteiger partial charge in [-0.3, -0.25) is 23.2 Å². The fourth-order valence-corrected chi connectivity index (χ4v) is 8.07. The smallest absolute Gasteiger partial charge is 0.462 e. The van der Waals surface area contributed by atoms with Crippen molar-refractivity contribution in [1.82, 2.24) is 0 Å². The van der Waals surface area contributed by atoms with Gasteiger partial charge in [0.05, 0.1) is 32.0 Å². The quantitative estimate of drug-likeness (QED) is 0.0144. The van der Waals surface area contributed by atoms with E-state index in [9.17, 15) is 38.9 Å². The van der Waals surface area contributed by atoms with E-state index in [-0.39, 0.29) is 12.8 Å². The van der Waals surface area contributed by atoms with Gasteiger partial charge < -0.3 is 39.5 Å². The van der Waals surface area contributed by atoms with Gasteiger partial charge >= 0.3 is 27.6 Å². The summed E-state index contributed by atoms with van der Waals surface area (Å²) in [6.07, 6.45) is 29.4. The molecule has 0 fully saturated rings. The van der Waals surface area contributed by atoms with Gasteiger partial charge in [0.25, 0.3) is 0 Å². The van der Waals surface area contributed by atoms with Gasteiger partial charge in [0, 0.05) is 12.8 Å². The second-order valence-corrected chi connectivity index (χ2v) is 20.2. The van der Waals surface area contributed by atoms with Crippen molar-refractivity contribution in [1.29, 1.82) is 0 Å². The Morgan fingerprint density at radius 3 is 1.49 bits per heavy atom. The molecule has 17 heteroatoms. The number of ether oxygens (including phenoxy) is 2. The molecular formula is C46H90O15P2. The van der Waals surface area contributed by atoms with Crippen molar-refractivity contribution >= 4 is 27.6 Å². The zero-order valence-electron chi connectivity index (χ0n) is 39.3. The number of hydrogen-bond donors (Lipinski definition) is 6. The van der Waals surface area contributed by atoms with Crippen LogP contribution in [-0.4, -0.2) is 92.8 Å². The van der Waals surface area contributed by atoms with Crippen molar-refractivity contribution in [3.8, 4) is 0 Å². The average Bonchev–Trinajstić information content (AvgIpc) is 3.23. The van der Waals surface area contributed by atoms with E-state index in [2.05, 4.69) is 35.9 Å². The van der Waals surface area contributed by atoms with Gasteiger partial charge in [0.1, 0.15) is 12.7 Å². The first-order chi connectivity index (χ1) is 30.0. The molecule has 0 aromatic heterocycles. The van der Waals surface area contributed by atoms with Gasteiger partial charge in [-0.15, -0.1) is 0 Å². The molecule has 0 amide bonds. The van der Waals surface area contributed by atoms with Crippen molar-refractivity contribution in [2.45, 2.75) is 238 Å². The summed E-state index contributed by atoms with van der Waals surface area (Å²) in [5, 5.41) is 30.2. The third-order valence-corrected chi connectivity index (χ3v) is 12.2. The standard InChI is InChI=1S/C46H90O15P2/c1-4-5-6-7-22-27-32-43(48)44(49)33-28-23-20-25-29-34-45(50)57-38-42(39-60-63(55,56)59-37-41(47)36-58-62(52,53)54)61-46(51)35-30-24-19-17-15-13-11-9-8-10-12-14-16-18-21-26-31-40(2)3/h22,27,40-44,47-49H,4-21,23-26,28-39H2,1-3H3,(H,55,56)(H2,52,53,54)/b27-22-/t41-,42+,43+,44+/m0/s1. The summed E-state index contributed by atoms with van der Waals surface area (Å²) in [5.41, 5.74) is 0. The van der Waals surface area contributed by atoms with Crippen LogP contribution in [-0.2, 0) is 41.8 Å². The van der Waals surface area contributed by atoms with E-state index >= 15 is 0 Å². The molecule has 0 rings (SSSR count). The van der Waals surface area contributed by atoms with Crippen LogP contribution in [0.1, 0.15) is 213 Å². The lowest BCUT2D eigenvalue weighted by Crippen LogP contribution is -2.30. The second kappa shape index (κ2) is 41.0. The van der Waals surface area contributed by atoms with Crippen LogP contribution in [0.3, 0.4) is 0 Å². The summed E-state index contributed by atoms with van der Waals surface area (Å²) in [7, 11) is -9.72. The maximum Gasteiger partial charge on any atom is 0.472 e. The van der Waals surface area contributed by atoms with Crippen molar-refractivity contribution in [2.75, 3.05) is 26.4 Å². The molecule has 374 valence electrons. The Balaban J connectivity index is 4.51. The summed E-state index contributed by atoms with van der Waals surface area (Å²) in [6, 6.07) is 0. The zero-order chi connectivity index (χ0) is 47.0. The van der Waals surface area contributed by atoms with Gasteiger partial charge in [-0.25, -0.2) is 9.13 Å². The molecule has 15 nitrogen and oxygen atoms in total. The lowest BCUT2D eigenvalue weighted by molar-refractivity contribution is -0.161. The predicted octanol–water partition coefficient (Wildman–Crippen LogP) is 10.7. The molecule has 0 aromatic carbocycles. The number of aliphatic hydroxyl groups is 3. The number of rotatable bonds is 46. The molecular weight excluding hydrogens is 854 g/mol. The van der Waals surface area contributed by atoms with Crippen LogP contribution in [0.2, 0.25) is 0 Å². The number of phosphoric acid groups is 2. The van der Waals surface area contributed by atoms with Crippen LogP contribution >= 0.6 is 15.6 Å². The van der Waals surface area contributed by atoms with Crippen LogP contribution in [0.25, 0.3) is 0 Å². The minimum absolute atomic E-state index is 0.0997. The van der Waals surface area contributed by atoms with E-state index in [1.54, 1.807) is 0 Å². The number of hydrogen-bond acceptors (Lipinski definition) is 12. The van der Waals surface area contributed by atoms with Crippen molar-refractivity contribution in [3.05, 3.63) is 12.2 Å². The monoisotopic (exact) mass is 945 g/mol. The van der Waals surface area contributed by atoms with Gasteiger partial charge in [-0.2, -0.15) is 0 Å². The van der Waals surface area contributed by atoms with Gasteiger partial charge in [-0.1, -0.05) is 174 Å². The van der Waals surface area contributed by atoms with E-state index in [1.807, 2.05) is 6.08 Å². The molecule has 0 aliphatic rings. The van der Waals surface area contributed by atoms with Crippen LogP contribution < -0.4 is 0 Å². The third kappa shape index (κ3) is 44.4. The summed E-state index contributed by atoms with van der Waals surface area (Å²) in [5.74, 6) is -0.317. The maximum absolute atomic E-state index is 12.7. The molecule has 63 heavy (non-hydrogen) atoms. The summed E-state index contributed by atoms with van der Waals surface area (Å²) in [4.78, 5) is 52.9. The number of carbonyl (C=O) groups is 2. The Morgan fingerprint density at radius 2 is 0.984 bits per heavy atom. The highest BCUT2D eigenvalue weighted by Crippen LogP contribution is 2.44. The van der Waals surface area contributed by atoms with Crippen LogP contribution in [0, 0.1) is 5.92 Å². The molecule has 5 atom stereocenters. The molecule has 1 unspecified atom stereocenters. The molecule has 0 saturated carbocycles. The highest BCUT2D eigenvalue weighted by atomic mass is 31.2. The Kier molecular flexibility index (Phi) is 40.2.